The van der Waals surface area contributed by atoms with Crippen LogP contribution in [-0.2, 0) is 9.53 Å². The Kier molecular flexibility index (Phi) is 9.86. The van der Waals surface area contributed by atoms with E-state index >= 15 is 22.0 Å². The lowest BCUT2D eigenvalue weighted by atomic mass is 9.82. The summed E-state index contributed by atoms with van der Waals surface area (Å²) in [4.78, 5) is 44.2. The van der Waals surface area contributed by atoms with Gasteiger partial charge in [-0.25, -0.2) is 36.3 Å². The van der Waals surface area contributed by atoms with E-state index in [2.05, 4.69) is 21.5 Å². The number of nitrogens with zero attached hydrogens (tertiary/aromatic N) is 6. The highest BCUT2D eigenvalue weighted by atomic mass is 19.2. The number of pyridine rings is 1. The van der Waals surface area contributed by atoms with Crippen LogP contribution in [0.15, 0.2) is 52.2 Å². The number of fused-ring (bicyclic) bond motifs is 5. The molecular formula is C36H41F5N6O3. The van der Waals surface area contributed by atoms with Crippen LogP contribution in [0.25, 0.3) is 22.3 Å². The minimum atomic E-state index is -2.18. The van der Waals surface area contributed by atoms with Crippen molar-refractivity contribution in [1.82, 2.24) is 19.4 Å². The highest BCUT2D eigenvalue weighted by molar-refractivity contribution is 5.92. The van der Waals surface area contributed by atoms with E-state index in [-0.39, 0.29) is 72.6 Å². The Morgan fingerprint density at radius 3 is 2.50 bits per heavy atom. The summed E-state index contributed by atoms with van der Waals surface area (Å²) in [5.74, 6) is -3.45. The van der Waals surface area contributed by atoms with Crippen LogP contribution in [-0.4, -0.2) is 88.0 Å². The average molecular weight is 701 g/mol. The number of hydrogen-bond donors (Lipinski definition) is 0. The number of halogens is 5. The van der Waals surface area contributed by atoms with Gasteiger partial charge in [0.15, 0.2) is 11.8 Å². The number of amides is 1. The quantitative estimate of drug-likeness (QED) is 0.282. The van der Waals surface area contributed by atoms with Crippen molar-refractivity contribution in [2.75, 3.05) is 24.6 Å². The van der Waals surface area contributed by atoms with Crippen LogP contribution in [0.2, 0.25) is 0 Å². The maximum absolute atomic E-state index is 16.4. The Bertz CT molecular complexity index is 1890. The molecule has 0 radical (unpaired) electrons. The maximum Gasteiger partial charge on any atom is 0.355 e. The number of carbonyl (C=O) groups excluding carboxylic acids is 1. The number of rotatable bonds is 3. The van der Waals surface area contributed by atoms with E-state index in [1.165, 1.54) is 10.6 Å². The fraction of sp³-hybridized carbons (Fsp3) is 0.528. The summed E-state index contributed by atoms with van der Waals surface area (Å²) >= 11 is 0. The van der Waals surface area contributed by atoms with Crippen molar-refractivity contribution < 1.29 is 31.5 Å². The number of allylic oxidation sites excluding steroid dienone is 4. The van der Waals surface area contributed by atoms with Gasteiger partial charge in [-0.2, -0.15) is 4.98 Å². The third-order valence-corrected chi connectivity index (χ3v) is 10.1. The van der Waals surface area contributed by atoms with Crippen molar-refractivity contribution in [2.24, 2.45) is 22.7 Å². The van der Waals surface area contributed by atoms with Crippen LogP contribution in [0.3, 0.4) is 0 Å². The third-order valence-electron chi connectivity index (χ3n) is 10.1. The molecule has 50 heavy (non-hydrogen) atoms. The van der Waals surface area contributed by atoms with E-state index in [4.69, 9.17) is 4.74 Å². The Hall–Kier alpha value is -4.20. The largest absolute Gasteiger partial charge is 0.367 e. The molecule has 8 atom stereocenters. The predicted molar refractivity (Wildman–Crippen MR) is 182 cm³/mol. The smallest absolute Gasteiger partial charge is 0.355 e. The summed E-state index contributed by atoms with van der Waals surface area (Å²) in [5.41, 5.74) is -1.33. The Balaban J connectivity index is 1.68. The molecule has 2 aromatic heterocycles. The van der Waals surface area contributed by atoms with Crippen molar-refractivity contribution in [3.63, 3.8) is 0 Å². The molecule has 14 heteroatoms. The fourth-order valence-corrected chi connectivity index (χ4v) is 7.41. The van der Waals surface area contributed by atoms with Crippen molar-refractivity contribution in [2.45, 2.75) is 84.2 Å². The molecule has 2 bridgehead atoms. The molecule has 5 heterocycles. The molecule has 3 aliphatic heterocycles. The lowest BCUT2D eigenvalue weighted by molar-refractivity contribution is -0.128. The minimum absolute atomic E-state index is 0.0928. The van der Waals surface area contributed by atoms with Gasteiger partial charge in [0.2, 0.25) is 5.91 Å². The van der Waals surface area contributed by atoms with Gasteiger partial charge in [-0.3, -0.25) is 9.79 Å². The zero-order chi connectivity index (χ0) is 36.2. The zero-order valence-corrected chi connectivity index (χ0v) is 28.6. The summed E-state index contributed by atoms with van der Waals surface area (Å²) in [7, 11) is 0. The van der Waals surface area contributed by atoms with Crippen molar-refractivity contribution in [3.8, 4) is 0 Å². The van der Waals surface area contributed by atoms with Crippen molar-refractivity contribution >= 4 is 40.2 Å². The van der Waals surface area contributed by atoms with Crippen LogP contribution >= 0.6 is 0 Å². The monoisotopic (exact) mass is 700 g/mol. The van der Waals surface area contributed by atoms with E-state index < -0.39 is 65.7 Å². The number of ether oxygens (including phenoxy) is 1. The second kappa shape index (κ2) is 13.8. The van der Waals surface area contributed by atoms with E-state index in [0.29, 0.717) is 11.4 Å². The summed E-state index contributed by atoms with van der Waals surface area (Å²) in [6, 6.07) is 0.356. The van der Waals surface area contributed by atoms with Crippen LogP contribution in [0.1, 0.15) is 53.2 Å². The first-order chi connectivity index (χ1) is 23.7. The highest BCUT2D eigenvalue weighted by Crippen LogP contribution is 2.42. The molecule has 1 fully saturated rings. The lowest BCUT2D eigenvalue weighted by Crippen LogP contribution is -2.58. The summed E-state index contributed by atoms with van der Waals surface area (Å²) in [6.07, 6.45) is -3.66. The van der Waals surface area contributed by atoms with Gasteiger partial charge in [0.05, 0.1) is 23.4 Å². The van der Waals surface area contributed by atoms with Crippen LogP contribution in [0.4, 0.5) is 27.8 Å². The molecule has 9 nitrogen and oxygen atoms in total. The van der Waals surface area contributed by atoms with Gasteiger partial charge < -0.3 is 14.5 Å². The number of aromatic nitrogens is 3. The van der Waals surface area contributed by atoms with E-state index in [0.717, 1.165) is 18.2 Å². The SMILES string of the molecule is C=CC(=O)N1C[C@H](C)N(c2nc(=O)n3c4nc(c(F)cc24)C2=C(F)C=CC(F)C2OCC(F)C(F)CCC2C3=C(C(C)C)N=CC2C)C[C@H]1C. The molecule has 6 rings (SSSR count). The molecule has 4 aliphatic rings. The molecule has 0 aromatic carbocycles. The Labute approximate surface area is 286 Å². The summed E-state index contributed by atoms with van der Waals surface area (Å²) < 4.78 is 84.7. The van der Waals surface area contributed by atoms with Gasteiger partial charge in [-0.1, -0.05) is 27.4 Å². The second-order valence-electron chi connectivity index (χ2n) is 13.9. The van der Waals surface area contributed by atoms with Crippen molar-refractivity contribution in [3.05, 3.63) is 64.4 Å². The van der Waals surface area contributed by atoms with E-state index in [1.54, 1.807) is 16.0 Å². The van der Waals surface area contributed by atoms with Crippen molar-refractivity contribution in [1.29, 1.82) is 0 Å². The Morgan fingerprint density at radius 2 is 1.80 bits per heavy atom. The predicted octanol–water partition coefficient (Wildman–Crippen LogP) is 6.15. The summed E-state index contributed by atoms with van der Waals surface area (Å²) in [6.45, 7) is 12.4. The van der Waals surface area contributed by atoms with Crippen LogP contribution in [0, 0.1) is 23.6 Å². The van der Waals surface area contributed by atoms with Crippen LogP contribution < -0.4 is 10.6 Å². The van der Waals surface area contributed by atoms with E-state index in [1.807, 2.05) is 34.6 Å². The van der Waals surface area contributed by atoms with Gasteiger partial charge >= 0.3 is 5.69 Å². The second-order valence-corrected chi connectivity index (χ2v) is 13.9. The fourth-order valence-electron chi connectivity index (χ4n) is 7.41. The van der Waals surface area contributed by atoms with E-state index in [9.17, 15) is 9.59 Å². The number of aliphatic imine (C=N–C) groups is 1. The molecule has 6 unspecified atom stereocenters. The Morgan fingerprint density at radius 1 is 1.06 bits per heavy atom. The van der Waals surface area contributed by atoms with Gasteiger partial charge in [-0.15, -0.1) is 0 Å². The normalized spacial score (nSPS) is 30.5. The molecule has 268 valence electrons. The average Bonchev–Trinajstić information content (AvgIpc) is 3.07. The molecule has 0 N–H and O–H groups in total. The molecule has 0 spiro atoms. The molecular weight excluding hydrogens is 659 g/mol. The first-order valence-electron chi connectivity index (χ1n) is 17.0. The molecule has 1 aliphatic carbocycles. The molecule has 1 saturated heterocycles. The van der Waals surface area contributed by atoms with Gasteiger partial charge in [0.1, 0.15) is 41.6 Å². The first-order valence-corrected chi connectivity index (χ1v) is 17.0. The number of piperazine rings is 1. The lowest BCUT2D eigenvalue weighted by Gasteiger charge is -2.44. The minimum Gasteiger partial charge on any atom is -0.367 e. The number of carbonyl (C=O) groups is 1. The standard InChI is InChI=1S/C36H41F5N6O3/c1-7-28(48)45-14-20(6)46(15-19(45)5)34-22-12-26(40)31-29-24(38)10-11-25(39)33(29)50-16-27(41)23(37)9-8-21-18(4)13-42-30(17(2)3)32(21)47(35(22)43-31)36(49)44-34/h7,10-13,17-21,23,25,27,33H,1,8-9,14-16H2,2-6H3/t18?,19-,20+,21?,23?,25?,27?,33?/m1/s1. The maximum atomic E-state index is 16.4. The molecule has 2 aromatic rings. The topological polar surface area (TPSA) is 92.9 Å². The number of hydrogen-bond acceptors (Lipinski definition) is 7. The number of anilines is 1. The molecule has 0 saturated carbocycles. The summed E-state index contributed by atoms with van der Waals surface area (Å²) in [5, 5.41) is 0.103. The van der Waals surface area contributed by atoms with Gasteiger partial charge in [0.25, 0.3) is 0 Å². The first kappa shape index (κ1) is 35.6. The number of alkyl halides is 3. The van der Waals surface area contributed by atoms with Gasteiger partial charge in [0, 0.05) is 42.9 Å². The third kappa shape index (κ3) is 6.20. The van der Waals surface area contributed by atoms with Gasteiger partial charge in [-0.05, 0) is 62.8 Å². The molecule has 1 amide bonds. The van der Waals surface area contributed by atoms with Crippen LogP contribution in [0.5, 0.6) is 0 Å². The zero-order valence-electron chi connectivity index (χ0n) is 28.6. The highest BCUT2D eigenvalue weighted by Gasteiger charge is 2.40.